The molecule has 5 nitrogen and oxygen atoms in total. The number of carbonyl (C=O) groups is 1. The second-order valence-corrected chi connectivity index (χ2v) is 5.95. The summed E-state index contributed by atoms with van der Waals surface area (Å²) < 4.78 is 5.69. The zero-order valence-corrected chi connectivity index (χ0v) is 13.7. The van der Waals surface area contributed by atoms with E-state index in [0.29, 0.717) is 24.5 Å². The highest BCUT2D eigenvalue weighted by atomic mass is 32.1. The lowest BCUT2D eigenvalue weighted by atomic mass is 10.2. The van der Waals surface area contributed by atoms with E-state index < -0.39 is 0 Å². The molecule has 0 bridgehead atoms. The zero-order valence-electron chi connectivity index (χ0n) is 12.9. The number of amides is 1. The van der Waals surface area contributed by atoms with Crippen LogP contribution in [0.5, 0.6) is 5.75 Å². The number of aromatic nitrogens is 1. The standard InChI is InChI=1S/C16H21N3O2S/c1-12-19-14(11-22-12)10-21-15-6-3-5-13(9-15)16(20)18-8-4-7-17-2/h3,5-6,9,11,17H,4,7-8,10H2,1-2H3,(H,18,20). The summed E-state index contributed by atoms with van der Waals surface area (Å²) >= 11 is 1.60. The van der Waals surface area contributed by atoms with Crippen molar-refractivity contribution < 1.29 is 9.53 Å². The van der Waals surface area contributed by atoms with Gasteiger partial charge in [0, 0.05) is 17.5 Å². The monoisotopic (exact) mass is 319 g/mol. The van der Waals surface area contributed by atoms with Crippen LogP contribution >= 0.6 is 11.3 Å². The first-order chi connectivity index (χ1) is 10.7. The average Bonchev–Trinajstić information content (AvgIpc) is 2.95. The van der Waals surface area contributed by atoms with Gasteiger partial charge in [0.2, 0.25) is 0 Å². The quantitative estimate of drug-likeness (QED) is 0.733. The SMILES string of the molecule is CNCCCNC(=O)c1cccc(OCc2csc(C)n2)c1. The van der Waals surface area contributed by atoms with Crippen LogP contribution in [-0.2, 0) is 6.61 Å². The molecule has 0 aliphatic carbocycles. The van der Waals surface area contributed by atoms with Gasteiger partial charge >= 0.3 is 0 Å². The Hall–Kier alpha value is -1.92. The van der Waals surface area contributed by atoms with Crippen molar-refractivity contribution >= 4 is 17.2 Å². The van der Waals surface area contributed by atoms with E-state index in [4.69, 9.17) is 4.74 Å². The van der Waals surface area contributed by atoms with Crippen LogP contribution in [0.4, 0.5) is 0 Å². The predicted octanol–water partition coefficient (Wildman–Crippen LogP) is 2.37. The zero-order chi connectivity index (χ0) is 15.8. The number of benzene rings is 1. The van der Waals surface area contributed by atoms with Crippen molar-refractivity contribution in [3.63, 3.8) is 0 Å². The molecule has 1 heterocycles. The van der Waals surface area contributed by atoms with Crippen molar-refractivity contribution in [2.45, 2.75) is 20.0 Å². The maximum Gasteiger partial charge on any atom is 0.251 e. The van der Waals surface area contributed by atoms with Gasteiger partial charge in [-0.25, -0.2) is 4.98 Å². The largest absolute Gasteiger partial charge is 0.487 e. The summed E-state index contributed by atoms with van der Waals surface area (Å²) in [5.74, 6) is 0.597. The number of hydrogen-bond acceptors (Lipinski definition) is 5. The van der Waals surface area contributed by atoms with Crippen LogP contribution in [0.1, 0.15) is 27.5 Å². The molecule has 0 saturated heterocycles. The Morgan fingerprint density at radius 3 is 2.95 bits per heavy atom. The Kier molecular flexibility index (Phi) is 6.36. The van der Waals surface area contributed by atoms with Gasteiger partial charge < -0.3 is 15.4 Å². The molecule has 0 aliphatic heterocycles. The molecule has 1 amide bonds. The Morgan fingerprint density at radius 2 is 2.23 bits per heavy atom. The highest BCUT2D eigenvalue weighted by molar-refractivity contribution is 7.09. The van der Waals surface area contributed by atoms with E-state index in [2.05, 4.69) is 15.6 Å². The Bertz CT molecular complexity index is 613. The van der Waals surface area contributed by atoms with E-state index in [1.807, 2.05) is 31.5 Å². The summed E-state index contributed by atoms with van der Waals surface area (Å²) in [6.45, 7) is 3.92. The molecule has 1 aromatic heterocycles. The molecule has 118 valence electrons. The first kappa shape index (κ1) is 16.5. The number of carbonyl (C=O) groups excluding carboxylic acids is 1. The summed E-state index contributed by atoms with van der Waals surface area (Å²) in [5.41, 5.74) is 1.51. The molecule has 0 atom stereocenters. The summed E-state index contributed by atoms with van der Waals surface area (Å²) in [6, 6.07) is 7.21. The summed E-state index contributed by atoms with van der Waals surface area (Å²) in [5, 5.41) is 8.94. The van der Waals surface area contributed by atoms with Crippen LogP contribution < -0.4 is 15.4 Å². The van der Waals surface area contributed by atoms with Crippen LogP contribution in [0.25, 0.3) is 0 Å². The second kappa shape index (κ2) is 8.51. The Morgan fingerprint density at radius 1 is 1.36 bits per heavy atom. The maximum atomic E-state index is 12.0. The molecule has 0 aliphatic rings. The van der Waals surface area contributed by atoms with Gasteiger partial charge in [-0.15, -0.1) is 11.3 Å². The lowest BCUT2D eigenvalue weighted by molar-refractivity contribution is 0.0953. The molecule has 0 spiro atoms. The van der Waals surface area contributed by atoms with Crippen molar-refractivity contribution in [1.29, 1.82) is 0 Å². The summed E-state index contributed by atoms with van der Waals surface area (Å²) in [7, 11) is 1.90. The molecule has 0 unspecified atom stereocenters. The first-order valence-electron chi connectivity index (χ1n) is 7.25. The molecule has 0 fully saturated rings. The molecule has 0 saturated carbocycles. The van der Waals surface area contributed by atoms with Crippen LogP contribution in [0.3, 0.4) is 0 Å². The molecule has 1 aromatic carbocycles. The van der Waals surface area contributed by atoms with E-state index in [0.717, 1.165) is 23.7 Å². The number of ether oxygens (including phenoxy) is 1. The van der Waals surface area contributed by atoms with Gasteiger partial charge in [-0.05, 0) is 45.1 Å². The number of hydrogen-bond donors (Lipinski definition) is 2. The van der Waals surface area contributed by atoms with E-state index >= 15 is 0 Å². The number of nitrogens with zero attached hydrogens (tertiary/aromatic N) is 1. The van der Waals surface area contributed by atoms with Crippen molar-refractivity contribution in [3.8, 4) is 5.75 Å². The van der Waals surface area contributed by atoms with E-state index in [1.54, 1.807) is 23.5 Å². The first-order valence-corrected chi connectivity index (χ1v) is 8.13. The van der Waals surface area contributed by atoms with Crippen molar-refractivity contribution in [3.05, 3.63) is 45.9 Å². The van der Waals surface area contributed by atoms with E-state index in [1.165, 1.54) is 0 Å². The van der Waals surface area contributed by atoms with Crippen molar-refractivity contribution in [2.24, 2.45) is 0 Å². The van der Waals surface area contributed by atoms with Crippen LogP contribution in [0.15, 0.2) is 29.6 Å². The molecular formula is C16H21N3O2S. The number of thiazole rings is 1. The fraction of sp³-hybridized carbons (Fsp3) is 0.375. The number of nitrogens with one attached hydrogen (secondary N) is 2. The molecule has 2 N–H and O–H groups in total. The lowest BCUT2D eigenvalue weighted by Crippen LogP contribution is -2.26. The van der Waals surface area contributed by atoms with Crippen LogP contribution in [0.2, 0.25) is 0 Å². The summed E-state index contributed by atoms with van der Waals surface area (Å²) in [4.78, 5) is 16.4. The molecule has 0 radical (unpaired) electrons. The third-order valence-electron chi connectivity index (χ3n) is 3.04. The normalized spacial score (nSPS) is 10.5. The Labute approximate surface area is 134 Å². The minimum atomic E-state index is -0.0777. The van der Waals surface area contributed by atoms with Crippen LogP contribution in [0, 0.1) is 6.92 Å². The van der Waals surface area contributed by atoms with Gasteiger partial charge in [-0.1, -0.05) is 6.07 Å². The van der Waals surface area contributed by atoms with Gasteiger partial charge in [0.05, 0.1) is 10.7 Å². The van der Waals surface area contributed by atoms with E-state index in [-0.39, 0.29) is 5.91 Å². The predicted molar refractivity (Wildman–Crippen MR) is 88.5 cm³/mol. The second-order valence-electron chi connectivity index (χ2n) is 4.89. The molecule has 2 rings (SSSR count). The van der Waals surface area contributed by atoms with Crippen molar-refractivity contribution in [2.75, 3.05) is 20.1 Å². The smallest absolute Gasteiger partial charge is 0.251 e. The average molecular weight is 319 g/mol. The highest BCUT2D eigenvalue weighted by Crippen LogP contribution is 2.16. The molecule has 22 heavy (non-hydrogen) atoms. The summed E-state index contributed by atoms with van der Waals surface area (Å²) in [6.07, 6.45) is 0.904. The topological polar surface area (TPSA) is 63.2 Å². The maximum absolute atomic E-state index is 12.0. The van der Waals surface area contributed by atoms with Gasteiger partial charge in [-0.3, -0.25) is 4.79 Å². The minimum absolute atomic E-state index is 0.0777. The fourth-order valence-corrected chi connectivity index (χ4v) is 2.53. The third-order valence-corrected chi connectivity index (χ3v) is 3.86. The Balaban J connectivity index is 1.87. The van der Waals surface area contributed by atoms with Gasteiger partial charge in [0.25, 0.3) is 5.91 Å². The van der Waals surface area contributed by atoms with Gasteiger partial charge in [0.15, 0.2) is 0 Å². The molecule has 6 heteroatoms. The van der Waals surface area contributed by atoms with Crippen LogP contribution in [-0.4, -0.2) is 31.0 Å². The molecular weight excluding hydrogens is 298 g/mol. The van der Waals surface area contributed by atoms with Crippen molar-refractivity contribution in [1.82, 2.24) is 15.6 Å². The number of rotatable bonds is 8. The third kappa shape index (κ3) is 5.13. The molecule has 2 aromatic rings. The number of aryl methyl sites for hydroxylation is 1. The lowest BCUT2D eigenvalue weighted by Gasteiger charge is -2.08. The minimum Gasteiger partial charge on any atom is -0.487 e. The highest BCUT2D eigenvalue weighted by Gasteiger charge is 2.06. The van der Waals surface area contributed by atoms with E-state index in [9.17, 15) is 4.79 Å². The van der Waals surface area contributed by atoms with Gasteiger partial charge in [0.1, 0.15) is 12.4 Å². The fourth-order valence-electron chi connectivity index (χ4n) is 1.93. The van der Waals surface area contributed by atoms with Gasteiger partial charge in [-0.2, -0.15) is 0 Å².